The summed E-state index contributed by atoms with van der Waals surface area (Å²) in [5.41, 5.74) is 6.27. The van der Waals surface area contributed by atoms with Crippen LogP contribution >= 0.6 is 11.6 Å². The number of nitrogens with zero attached hydrogens (tertiary/aromatic N) is 3. The lowest BCUT2D eigenvalue weighted by Gasteiger charge is -2.05. The number of hydrogen-bond donors (Lipinski definition) is 2. The first-order valence-electron chi connectivity index (χ1n) is 8.57. The van der Waals surface area contributed by atoms with E-state index >= 15 is 0 Å². The van der Waals surface area contributed by atoms with Crippen LogP contribution in [0.3, 0.4) is 0 Å². The molecule has 2 N–H and O–H groups in total. The second-order valence-corrected chi connectivity index (χ2v) is 6.55. The molecular formula is C20H19ClFN5O. The average molecular weight is 400 g/mol. The Bertz CT molecular complexity index is 997. The molecule has 0 atom stereocenters. The first kappa shape index (κ1) is 19.6. The van der Waals surface area contributed by atoms with Crippen LogP contribution in [0.25, 0.3) is 5.69 Å². The van der Waals surface area contributed by atoms with E-state index in [1.165, 1.54) is 23.0 Å². The molecular weight excluding hydrogens is 381 g/mol. The van der Waals surface area contributed by atoms with Crippen LogP contribution in [-0.4, -0.2) is 28.4 Å². The topological polar surface area (TPSA) is 71.3 Å². The molecule has 0 bridgehead atoms. The zero-order valence-corrected chi connectivity index (χ0v) is 16.2. The summed E-state index contributed by atoms with van der Waals surface area (Å²) < 4.78 is 14.6. The third kappa shape index (κ3) is 4.75. The Labute approximate surface area is 167 Å². The first-order chi connectivity index (χ1) is 13.4. The third-order valence-corrected chi connectivity index (χ3v) is 4.37. The van der Waals surface area contributed by atoms with E-state index in [0.29, 0.717) is 22.1 Å². The summed E-state index contributed by atoms with van der Waals surface area (Å²) in [6.07, 6.45) is 1.44. The molecule has 0 unspecified atom stereocenters. The number of aromatic nitrogens is 2. The van der Waals surface area contributed by atoms with E-state index in [-0.39, 0.29) is 18.3 Å². The van der Waals surface area contributed by atoms with Crippen LogP contribution in [0.5, 0.6) is 0 Å². The van der Waals surface area contributed by atoms with Gasteiger partial charge in [-0.3, -0.25) is 4.79 Å². The smallest absolute Gasteiger partial charge is 0.259 e. The van der Waals surface area contributed by atoms with Crippen LogP contribution in [0.1, 0.15) is 16.8 Å². The fraction of sp³-hybridized carbons (Fsp3) is 0.150. The maximum atomic E-state index is 13.1. The van der Waals surface area contributed by atoms with E-state index in [9.17, 15) is 9.18 Å². The van der Waals surface area contributed by atoms with Crippen LogP contribution < -0.4 is 10.7 Å². The maximum absolute atomic E-state index is 13.1. The van der Waals surface area contributed by atoms with Crippen molar-refractivity contribution >= 4 is 29.4 Å². The van der Waals surface area contributed by atoms with Crippen LogP contribution in [0, 0.1) is 19.7 Å². The number of carbonyl (C=O) groups is 1. The summed E-state index contributed by atoms with van der Waals surface area (Å²) in [7, 11) is 0. The van der Waals surface area contributed by atoms with Gasteiger partial charge in [0.25, 0.3) is 5.91 Å². The minimum atomic E-state index is -0.340. The summed E-state index contributed by atoms with van der Waals surface area (Å²) in [6.45, 7) is 3.85. The van der Waals surface area contributed by atoms with Crippen molar-refractivity contribution in [1.82, 2.24) is 15.2 Å². The van der Waals surface area contributed by atoms with Crippen LogP contribution in [-0.2, 0) is 4.79 Å². The number of hydrogen-bond acceptors (Lipinski definition) is 4. The zero-order chi connectivity index (χ0) is 20.1. The normalized spacial score (nSPS) is 11.0. The van der Waals surface area contributed by atoms with Crippen molar-refractivity contribution < 1.29 is 9.18 Å². The van der Waals surface area contributed by atoms with E-state index in [0.717, 1.165) is 11.3 Å². The number of halogens is 2. The fourth-order valence-electron chi connectivity index (χ4n) is 2.47. The van der Waals surface area contributed by atoms with Crippen molar-refractivity contribution in [3.63, 3.8) is 0 Å². The highest BCUT2D eigenvalue weighted by molar-refractivity contribution is 6.32. The lowest BCUT2D eigenvalue weighted by atomic mass is 10.2. The second-order valence-electron chi connectivity index (χ2n) is 6.19. The Morgan fingerprint density at radius 1 is 1.18 bits per heavy atom. The van der Waals surface area contributed by atoms with Gasteiger partial charge in [0.05, 0.1) is 29.7 Å². The van der Waals surface area contributed by atoms with Crippen LogP contribution in [0.2, 0.25) is 5.15 Å². The predicted octanol–water partition coefficient (Wildman–Crippen LogP) is 3.84. The highest BCUT2D eigenvalue weighted by atomic mass is 35.5. The number of aryl methyl sites for hydroxylation is 2. The Kier molecular flexibility index (Phi) is 6.06. The number of anilines is 1. The van der Waals surface area contributed by atoms with Gasteiger partial charge < -0.3 is 5.32 Å². The Morgan fingerprint density at radius 3 is 2.54 bits per heavy atom. The van der Waals surface area contributed by atoms with Crippen molar-refractivity contribution in [2.45, 2.75) is 13.8 Å². The summed E-state index contributed by atoms with van der Waals surface area (Å²) in [6, 6.07) is 13.5. The molecule has 8 heteroatoms. The second kappa shape index (κ2) is 8.67. The van der Waals surface area contributed by atoms with Gasteiger partial charge in [-0.15, -0.1) is 0 Å². The Morgan fingerprint density at radius 2 is 1.86 bits per heavy atom. The molecule has 0 fully saturated rings. The molecule has 2 aromatic carbocycles. The van der Waals surface area contributed by atoms with E-state index < -0.39 is 0 Å². The maximum Gasteiger partial charge on any atom is 0.259 e. The molecule has 6 nitrogen and oxygen atoms in total. The van der Waals surface area contributed by atoms with E-state index in [2.05, 4.69) is 20.9 Å². The minimum absolute atomic E-state index is 0.0853. The van der Waals surface area contributed by atoms with Crippen molar-refractivity contribution in [3.05, 3.63) is 76.3 Å². The quantitative estimate of drug-likeness (QED) is 0.488. The van der Waals surface area contributed by atoms with Gasteiger partial charge in [-0.05, 0) is 50.2 Å². The van der Waals surface area contributed by atoms with Crippen molar-refractivity contribution in [2.75, 3.05) is 11.9 Å². The third-order valence-electron chi connectivity index (χ3n) is 4.01. The Balaban J connectivity index is 1.61. The first-order valence-corrected chi connectivity index (χ1v) is 8.95. The SMILES string of the molecule is Cc1ccc(NCC(=O)N/N=C\c2c(C)nn(-c3ccc(F)cc3)c2Cl)cc1. The molecule has 1 amide bonds. The lowest BCUT2D eigenvalue weighted by molar-refractivity contribution is -0.119. The van der Waals surface area contributed by atoms with Gasteiger partial charge in [-0.2, -0.15) is 10.2 Å². The molecule has 0 aliphatic carbocycles. The molecule has 0 spiro atoms. The molecule has 28 heavy (non-hydrogen) atoms. The highest BCUT2D eigenvalue weighted by Crippen LogP contribution is 2.22. The molecule has 0 radical (unpaired) electrons. The lowest BCUT2D eigenvalue weighted by Crippen LogP contribution is -2.25. The van der Waals surface area contributed by atoms with Gasteiger partial charge in [0.15, 0.2) is 0 Å². The molecule has 0 aliphatic heterocycles. The summed E-state index contributed by atoms with van der Waals surface area (Å²) >= 11 is 6.36. The molecule has 1 aromatic heterocycles. The molecule has 0 aliphatic rings. The number of nitrogens with one attached hydrogen (secondary N) is 2. The molecule has 1 heterocycles. The molecule has 144 valence electrons. The number of rotatable bonds is 6. The summed E-state index contributed by atoms with van der Waals surface area (Å²) in [5.74, 6) is -0.635. The van der Waals surface area contributed by atoms with E-state index in [1.54, 1.807) is 19.1 Å². The highest BCUT2D eigenvalue weighted by Gasteiger charge is 2.13. The van der Waals surface area contributed by atoms with Gasteiger partial charge >= 0.3 is 0 Å². The van der Waals surface area contributed by atoms with Crippen molar-refractivity contribution in [1.29, 1.82) is 0 Å². The van der Waals surface area contributed by atoms with Crippen LogP contribution in [0.15, 0.2) is 53.6 Å². The summed E-state index contributed by atoms with van der Waals surface area (Å²) in [4.78, 5) is 11.9. The molecule has 3 aromatic rings. The predicted molar refractivity (Wildman–Crippen MR) is 109 cm³/mol. The van der Waals surface area contributed by atoms with Crippen molar-refractivity contribution in [3.8, 4) is 5.69 Å². The average Bonchev–Trinajstić information content (AvgIpc) is 2.96. The Hall–Kier alpha value is -3.19. The number of carbonyl (C=O) groups excluding carboxylic acids is 1. The van der Waals surface area contributed by atoms with Gasteiger partial charge in [-0.1, -0.05) is 29.3 Å². The van der Waals surface area contributed by atoms with Crippen LogP contribution in [0.4, 0.5) is 10.1 Å². The molecule has 0 saturated heterocycles. The van der Waals surface area contributed by atoms with E-state index in [4.69, 9.17) is 11.6 Å². The van der Waals surface area contributed by atoms with Gasteiger partial charge in [0, 0.05) is 5.69 Å². The summed E-state index contributed by atoms with van der Waals surface area (Å²) in [5, 5.41) is 11.6. The largest absolute Gasteiger partial charge is 0.376 e. The van der Waals surface area contributed by atoms with Gasteiger partial charge in [0.1, 0.15) is 11.0 Å². The number of benzene rings is 2. The van der Waals surface area contributed by atoms with Crippen molar-refractivity contribution in [2.24, 2.45) is 5.10 Å². The number of amides is 1. The fourth-order valence-corrected chi connectivity index (χ4v) is 2.79. The van der Waals surface area contributed by atoms with E-state index in [1.807, 2.05) is 31.2 Å². The number of hydrazone groups is 1. The minimum Gasteiger partial charge on any atom is -0.376 e. The monoisotopic (exact) mass is 399 g/mol. The zero-order valence-electron chi connectivity index (χ0n) is 15.4. The van der Waals surface area contributed by atoms with Gasteiger partial charge in [-0.25, -0.2) is 14.5 Å². The van der Waals surface area contributed by atoms with Gasteiger partial charge in [0.2, 0.25) is 0 Å². The molecule has 0 saturated carbocycles. The standard InChI is InChI=1S/C20H19ClFN5O/c1-13-3-7-16(8-4-13)23-12-19(28)25-24-11-18-14(2)26-27(20(18)21)17-9-5-15(22)6-10-17/h3-11,23H,12H2,1-2H3,(H,25,28)/b24-11-. The molecule has 3 rings (SSSR count).